The van der Waals surface area contributed by atoms with Crippen LogP contribution in [-0.2, 0) is 0 Å². The molecule has 0 bridgehead atoms. The number of ether oxygens (including phenoxy) is 2. The third kappa shape index (κ3) is 2.77. The summed E-state index contributed by atoms with van der Waals surface area (Å²) < 4.78 is 16.2. The second-order valence-electron chi connectivity index (χ2n) is 3.99. The van der Waals surface area contributed by atoms with E-state index >= 15 is 0 Å². The fraction of sp³-hybridized carbons (Fsp3) is 0.267. The number of carboxylic acid groups (broad SMARTS) is 1. The van der Waals surface area contributed by atoms with Gasteiger partial charge in [0.1, 0.15) is 5.76 Å². The van der Waals surface area contributed by atoms with Crippen LogP contribution in [0.1, 0.15) is 24.2 Å². The highest BCUT2D eigenvalue weighted by molar-refractivity contribution is 5.96. The fourth-order valence-corrected chi connectivity index (χ4v) is 1.91. The van der Waals surface area contributed by atoms with Crippen LogP contribution in [0.15, 0.2) is 34.9 Å². The minimum atomic E-state index is -1.04. The first-order valence-corrected chi connectivity index (χ1v) is 6.38. The van der Waals surface area contributed by atoms with E-state index in [0.29, 0.717) is 36.0 Å². The molecule has 0 fully saturated rings. The molecule has 0 unspecified atom stereocenters. The molecular formula is C15H16O5. The van der Waals surface area contributed by atoms with Gasteiger partial charge < -0.3 is 19.0 Å². The maximum absolute atomic E-state index is 11.4. The predicted octanol–water partition coefficient (Wildman–Crippen LogP) is 3.44. The van der Waals surface area contributed by atoms with Gasteiger partial charge in [-0.3, -0.25) is 0 Å². The van der Waals surface area contributed by atoms with Crippen LogP contribution >= 0.6 is 0 Å². The van der Waals surface area contributed by atoms with Crippen molar-refractivity contribution in [3.63, 3.8) is 0 Å². The van der Waals surface area contributed by atoms with Gasteiger partial charge in [-0.1, -0.05) is 0 Å². The largest absolute Gasteiger partial charge is 0.490 e. The lowest BCUT2D eigenvalue weighted by Gasteiger charge is -2.14. The number of carbonyl (C=O) groups is 1. The zero-order chi connectivity index (χ0) is 14.5. The third-order valence-electron chi connectivity index (χ3n) is 2.70. The van der Waals surface area contributed by atoms with Crippen LogP contribution in [0.2, 0.25) is 0 Å². The average Bonchev–Trinajstić information content (AvgIpc) is 2.94. The molecule has 0 spiro atoms. The van der Waals surface area contributed by atoms with Gasteiger partial charge in [0.2, 0.25) is 0 Å². The van der Waals surface area contributed by atoms with Crippen LogP contribution in [0.25, 0.3) is 11.3 Å². The number of furan rings is 1. The summed E-state index contributed by atoms with van der Waals surface area (Å²) in [6, 6.07) is 6.51. The van der Waals surface area contributed by atoms with Gasteiger partial charge in [0.05, 0.1) is 25.0 Å². The average molecular weight is 276 g/mol. The van der Waals surface area contributed by atoms with E-state index in [1.165, 1.54) is 12.3 Å². The molecular weight excluding hydrogens is 260 g/mol. The Morgan fingerprint density at radius 3 is 2.35 bits per heavy atom. The summed E-state index contributed by atoms with van der Waals surface area (Å²) in [4.78, 5) is 11.4. The molecule has 1 heterocycles. The van der Waals surface area contributed by atoms with Gasteiger partial charge in [0, 0.05) is 5.56 Å². The van der Waals surface area contributed by atoms with Gasteiger partial charge in [-0.15, -0.1) is 0 Å². The van der Waals surface area contributed by atoms with Crippen molar-refractivity contribution in [1.82, 2.24) is 0 Å². The van der Waals surface area contributed by atoms with Crippen molar-refractivity contribution in [2.75, 3.05) is 13.2 Å². The van der Waals surface area contributed by atoms with E-state index in [0.717, 1.165) is 0 Å². The fourth-order valence-electron chi connectivity index (χ4n) is 1.91. The van der Waals surface area contributed by atoms with Gasteiger partial charge >= 0.3 is 5.97 Å². The Hall–Kier alpha value is -2.43. The molecule has 2 aromatic rings. The quantitative estimate of drug-likeness (QED) is 0.875. The van der Waals surface area contributed by atoms with Gasteiger partial charge in [-0.05, 0) is 38.1 Å². The Balaban J connectivity index is 2.59. The minimum Gasteiger partial charge on any atom is -0.490 e. The lowest BCUT2D eigenvalue weighted by molar-refractivity contribution is 0.0697. The van der Waals surface area contributed by atoms with E-state index in [9.17, 15) is 9.90 Å². The van der Waals surface area contributed by atoms with Crippen molar-refractivity contribution in [1.29, 1.82) is 0 Å². The normalized spacial score (nSPS) is 10.3. The molecule has 0 aliphatic rings. The highest BCUT2D eigenvalue weighted by Crippen LogP contribution is 2.36. The van der Waals surface area contributed by atoms with E-state index in [-0.39, 0.29) is 5.56 Å². The van der Waals surface area contributed by atoms with Crippen molar-refractivity contribution < 1.29 is 23.8 Å². The zero-order valence-corrected chi connectivity index (χ0v) is 11.4. The van der Waals surface area contributed by atoms with E-state index in [4.69, 9.17) is 13.9 Å². The van der Waals surface area contributed by atoms with Crippen molar-refractivity contribution in [3.05, 3.63) is 36.1 Å². The Bertz CT molecular complexity index is 587. The van der Waals surface area contributed by atoms with Gasteiger partial charge in [-0.2, -0.15) is 0 Å². The molecule has 0 radical (unpaired) electrons. The summed E-state index contributed by atoms with van der Waals surface area (Å²) in [6.45, 7) is 4.58. The highest BCUT2D eigenvalue weighted by Gasteiger charge is 2.19. The smallest absolute Gasteiger partial charge is 0.336 e. The number of aromatic carboxylic acids is 1. The lowest BCUT2D eigenvalue weighted by atomic mass is 10.0. The number of hydrogen-bond acceptors (Lipinski definition) is 4. The van der Waals surface area contributed by atoms with Gasteiger partial charge in [0.25, 0.3) is 0 Å². The van der Waals surface area contributed by atoms with Crippen LogP contribution in [0.3, 0.4) is 0 Å². The van der Waals surface area contributed by atoms with Gasteiger partial charge in [0.15, 0.2) is 11.5 Å². The zero-order valence-electron chi connectivity index (χ0n) is 11.4. The first-order valence-electron chi connectivity index (χ1n) is 6.38. The minimum absolute atomic E-state index is 0.117. The summed E-state index contributed by atoms with van der Waals surface area (Å²) in [5, 5.41) is 9.34. The summed E-state index contributed by atoms with van der Waals surface area (Å²) >= 11 is 0. The summed E-state index contributed by atoms with van der Waals surface area (Å²) in [7, 11) is 0. The molecule has 106 valence electrons. The maximum Gasteiger partial charge on any atom is 0.336 e. The molecule has 2 rings (SSSR count). The summed E-state index contributed by atoms with van der Waals surface area (Å²) in [6.07, 6.45) is 1.50. The molecule has 0 saturated heterocycles. The second kappa shape index (κ2) is 6.14. The Labute approximate surface area is 116 Å². The molecule has 0 saturated carbocycles. The second-order valence-corrected chi connectivity index (χ2v) is 3.99. The summed E-state index contributed by atoms with van der Waals surface area (Å²) in [5.74, 6) is 0.361. The Morgan fingerprint density at radius 1 is 1.20 bits per heavy atom. The molecule has 0 amide bonds. The van der Waals surface area contributed by atoms with Crippen LogP contribution in [0.5, 0.6) is 11.5 Å². The van der Waals surface area contributed by atoms with E-state index in [1.54, 1.807) is 18.2 Å². The maximum atomic E-state index is 11.4. The molecule has 0 aliphatic carbocycles. The monoisotopic (exact) mass is 276 g/mol. The molecule has 0 aliphatic heterocycles. The number of rotatable bonds is 6. The Morgan fingerprint density at radius 2 is 1.85 bits per heavy atom. The van der Waals surface area contributed by atoms with Crippen molar-refractivity contribution in [3.8, 4) is 22.8 Å². The van der Waals surface area contributed by atoms with Crippen molar-refractivity contribution >= 4 is 5.97 Å². The van der Waals surface area contributed by atoms with Crippen LogP contribution in [0, 0.1) is 0 Å². The van der Waals surface area contributed by atoms with Crippen molar-refractivity contribution in [2.24, 2.45) is 0 Å². The van der Waals surface area contributed by atoms with E-state index < -0.39 is 5.97 Å². The standard InChI is InChI=1S/C15H16O5/c1-3-18-13-8-10(12-6-5-7-20-12)11(15(16)17)9-14(13)19-4-2/h5-9H,3-4H2,1-2H3,(H,16,17). The first kappa shape index (κ1) is 14.0. The number of carboxylic acids is 1. The topological polar surface area (TPSA) is 68.9 Å². The molecule has 1 N–H and O–H groups in total. The molecule has 5 nitrogen and oxygen atoms in total. The SMILES string of the molecule is CCOc1cc(C(=O)O)c(-c2ccco2)cc1OCC. The molecule has 1 aromatic heterocycles. The van der Waals surface area contributed by atoms with Crippen molar-refractivity contribution in [2.45, 2.75) is 13.8 Å². The molecule has 20 heavy (non-hydrogen) atoms. The molecule has 0 atom stereocenters. The highest BCUT2D eigenvalue weighted by atomic mass is 16.5. The Kier molecular flexibility index (Phi) is 4.30. The summed E-state index contributed by atoms with van der Waals surface area (Å²) in [5.41, 5.74) is 0.584. The first-order chi connectivity index (χ1) is 9.67. The predicted molar refractivity (Wildman–Crippen MR) is 73.4 cm³/mol. The van der Waals surface area contributed by atoms with Crippen LogP contribution < -0.4 is 9.47 Å². The molecule has 1 aromatic carbocycles. The van der Waals surface area contributed by atoms with Gasteiger partial charge in [-0.25, -0.2) is 4.79 Å². The molecule has 5 heteroatoms. The van der Waals surface area contributed by atoms with Crippen LogP contribution in [-0.4, -0.2) is 24.3 Å². The third-order valence-corrected chi connectivity index (χ3v) is 2.70. The number of benzene rings is 1. The van der Waals surface area contributed by atoms with E-state index in [2.05, 4.69) is 0 Å². The van der Waals surface area contributed by atoms with E-state index in [1.807, 2.05) is 13.8 Å². The lowest BCUT2D eigenvalue weighted by Crippen LogP contribution is -2.04. The number of hydrogen-bond donors (Lipinski definition) is 1. The van der Waals surface area contributed by atoms with Crippen LogP contribution in [0.4, 0.5) is 0 Å².